The average molecular weight is 415 g/mol. The van der Waals surface area contributed by atoms with Crippen LogP contribution in [0.2, 0.25) is 0 Å². The zero-order valence-corrected chi connectivity index (χ0v) is 20.9. The number of aliphatic hydroxyl groups is 1. The minimum absolute atomic E-state index is 0.173. The Morgan fingerprint density at radius 3 is 2.43 bits per heavy atom. The third-order valence-electron chi connectivity index (χ3n) is 11.3. The molecule has 4 aliphatic rings. The summed E-state index contributed by atoms with van der Waals surface area (Å²) in [5.41, 5.74) is 2.60. The molecule has 1 heteroatoms. The minimum Gasteiger partial charge on any atom is -0.389 e. The van der Waals surface area contributed by atoms with Gasteiger partial charge in [-0.1, -0.05) is 66.0 Å². The molecule has 0 aliphatic heterocycles. The second kappa shape index (κ2) is 8.57. The van der Waals surface area contributed by atoms with Crippen molar-refractivity contribution in [1.82, 2.24) is 0 Å². The maximum absolute atomic E-state index is 10.2. The van der Waals surface area contributed by atoms with Gasteiger partial charge < -0.3 is 5.11 Å². The summed E-state index contributed by atoms with van der Waals surface area (Å²) in [5.74, 6) is 6.37. The van der Waals surface area contributed by atoms with Gasteiger partial charge in [0.05, 0.1) is 6.10 Å². The van der Waals surface area contributed by atoms with E-state index in [4.69, 9.17) is 0 Å². The van der Waals surface area contributed by atoms with Gasteiger partial charge in [-0.15, -0.1) is 0 Å². The maximum Gasteiger partial charge on any atom is 0.0724 e. The molecule has 4 aliphatic carbocycles. The number of fused-ring (bicyclic) bond motifs is 5. The Labute approximate surface area is 187 Å². The van der Waals surface area contributed by atoms with Crippen LogP contribution in [0.5, 0.6) is 0 Å². The van der Waals surface area contributed by atoms with Gasteiger partial charge in [0.2, 0.25) is 0 Å². The molecule has 30 heavy (non-hydrogen) atoms. The molecule has 0 heterocycles. The van der Waals surface area contributed by atoms with Crippen LogP contribution >= 0.6 is 0 Å². The fourth-order valence-corrected chi connectivity index (χ4v) is 9.37. The van der Waals surface area contributed by atoms with Crippen molar-refractivity contribution in [2.24, 2.45) is 52.3 Å². The molecule has 3 saturated carbocycles. The van der Waals surface area contributed by atoms with E-state index in [2.05, 4.69) is 47.6 Å². The third kappa shape index (κ3) is 3.74. The summed E-state index contributed by atoms with van der Waals surface area (Å²) in [6, 6.07) is 0. The fourth-order valence-electron chi connectivity index (χ4n) is 9.37. The Hall–Kier alpha value is -0.300. The first-order valence-corrected chi connectivity index (χ1v) is 13.6. The molecule has 0 saturated heterocycles. The van der Waals surface area contributed by atoms with Crippen LogP contribution in [0.15, 0.2) is 11.6 Å². The molecule has 9 atom stereocenters. The molecule has 0 aromatic rings. The number of allylic oxidation sites excluding steroid dienone is 1. The van der Waals surface area contributed by atoms with E-state index in [-0.39, 0.29) is 6.10 Å². The van der Waals surface area contributed by atoms with Gasteiger partial charge in [-0.3, -0.25) is 0 Å². The van der Waals surface area contributed by atoms with Crippen LogP contribution in [0.4, 0.5) is 0 Å². The lowest BCUT2D eigenvalue weighted by Crippen LogP contribution is -2.51. The van der Waals surface area contributed by atoms with E-state index in [1.807, 2.05) is 0 Å². The molecule has 0 spiro atoms. The molecule has 0 aromatic carbocycles. The number of aliphatic hydroxyl groups excluding tert-OH is 1. The molecule has 3 fully saturated rings. The lowest BCUT2D eigenvalue weighted by atomic mass is 9.46. The number of hydrogen-bond acceptors (Lipinski definition) is 1. The molecule has 4 rings (SSSR count). The molecular weight excluding hydrogens is 364 g/mol. The summed E-state index contributed by atoms with van der Waals surface area (Å²) in [6.45, 7) is 15.1. The monoisotopic (exact) mass is 414 g/mol. The second-order valence-electron chi connectivity index (χ2n) is 12.8. The Balaban J connectivity index is 1.47. The van der Waals surface area contributed by atoms with Crippen molar-refractivity contribution in [2.45, 2.75) is 118 Å². The van der Waals surface area contributed by atoms with Crippen LogP contribution in [0.1, 0.15) is 112 Å². The molecule has 0 unspecified atom stereocenters. The van der Waals surface area contributed by atoms with Gasteiger partial charge in [0.15, 0.2) is 0 Å². The average Bonchev–Trinajstić information content (AvgIpc) is 3.06. The van der Waals surface area contributed by atoms with Crippen LogP contribution in [0, 0.1) is 52.3 Å². The molecule has 0 radical (unpaired) electrons. The first-order chi connectivity index (χ1) is 14.2. The zero-order valence-electron chi connectivity index (χ0n) is 20.9. The van der Waals surface area contributed by atoms with E-state index in [1.165, 1.54) is 64.2 Å². The minimum atomic E-state index is -0.173. The molecule has 0 amide bonds. The lowest BCUT2D eigenvalue weighted by molar-refractivity contribution is -0.0629. The normalized spacial score (nSPS) is 45.3. The Morgan fingerprint density at radius 2 is 1.73 bits per heavy atom. The smallest absolute Gasteiger partial charge is 0.0724 e. The highest BCUT2D eigenvalue weighted by Crippen LogP contribution is 2.67. The van der Waals surface area contributed by atoms with Crippen LogP contribution in [0.25, 0.3) is 0 Å². The second-order valence-corrected chi connectivity index (χ2v) is 12.8. The molecule has 172 valence electrons. The molecule has 0 aromatic heterocycles. The first-order valence-electron chi connectivity index (χ1n) is 13.6. The highest BCUT2D eigenvalue weighted by Gasteiger charge is 2.59. The fraction of sp³-hybridized carbons (Fsp3) is 0.931. The van der Waals surface area contributed by atoms with Crippen LogP contribution in [-0.4, -0.2) is 11.2 Å². The number of rotatable bonds is 6. The van der Waals surface area contributed by atoms with E-state index in [0.29, 0.717) is 10.8 Å². The lowest BCUT2D eigenvalue weighted by Gasteiger charge is -2.59. The van der Waals surface area contributed by atoms with Gasteiger partial charge in [-0.05, 0) is 110 Å². The van der Waals surface area contributed by atoms with Crippen molar-refractivity contribution < 1.29 is 5.11 Å². The first kappa shape index (κ1) is 22.9. The summed E-state index contributed by atoms with van der Waals surface area (Å²) in [6.07, 6.45) is 17.1. The van der Waals surface area contributed by atoms with Crippen LogP contribution < -0.4 is 0 Å². The van der Waals surface area contributed by atoms with Crippen molar-refractivity contribution in [2.75, 3.05) is 0 Å². The highest BCUT2D eigenvalue weighted by atomic mass is 16.3. The van der Waals surface area contributed by atoms with E-state index in [0.717, 1.165) is 47.8 Å². The summed E-state index contributed by atoms with van der Waals surface area (Å²) in [5, 5.41) is 10.2. The van der Waals surface area contributed by atoms with Gasteiger partial charge in [0, 0.05) is 0 Å². The molecule has 0 bridgehead atoms. The standard InChI is InChI=1S/C29H50O/c1-7-21(19(2)3)9-8-20(4)25-12-13-26-24-11-10-22-18-23(30)14-16-28(22,5)27(24)15-17-29(25,26)6/h18-21,23-27,30H,7-17H2,1-6H3/t20-,21+,23+,24+,25-,26+,27+,28+,29-/m1/s1. The van der Waals surface area contributed by atoms with Crippen molar-refractivity contribution in [3.05, 3.63) is 11.6 Å². The topological polar surface area (TPSA) is 20.2 Å². The molecular formula is C29H50O. The van der Waals surface area contributed by atoms with E-state index in [9.17, 15) is 5.11 Å². The Bertz CT molecular complexity index is 634. The Kier molecular flexibility index (Phi) is 6.53. The SMILES string of the molecule is CC[C@@H](CC[C@@H](C)[C@H]1CC[C@H]2[C@@H]3CCC4=C[C@@H](O)CC[C@]4(C)[C@H]3CC[C@]12C)C(C)C. The van der Waals surface area contributed by atoms with Crippen molar-refractivity contribution in [3.63, 3.8) is 0 Å². The van der Waals surface area contributed by atoms with Gasteiger partial charge in [0.1, 0.15) is 0 Å². The molecule has 1 nitrogen and oxygen atoms in total. The third-order valence-corrected chi connectivity index (χ3v) is 11.3. The van der Waals surface area contributed by atoms with Gasteiger partial charge >= 0.3 is 0 Å². The summed E-state index contributed by atoms with van der Waals surface area (Å²) < 4.78 is 0. The van der Waals surface area contributed by atoms with Crippen LogP contribution in [0.3, 0.4) is 0 Å². The van der Waals surface area contributed by atoms with Crippen molar-refractivity contribution in [3.8, 4) is 0 Å². The van der Waals surface area contributed by atoms with E-state index >= 15 is 0 Å². The summed E-state index contributed by atoms with van der Waals surface area (Å²) >= 11 is 0. The predicted molar refractivity (Wildman–Crippen MR) is 128 cm³/mol. The largest absolute Gasteiger partial charge is 0.389 e. The van der Waals surface area contributed by atoms with Crippen molar-refractivity contribution >= 4 is 0 Å². The highest BCUT2D eigenvalue weighted by molar-refractivity contribution is 5.25. The van der Waals surface area contributed by atoms with E-state index < -0.39 is 0 Å². The zero-order chi connectivity index (χ0) is 21.7. The molecule has 1 N–H and O–H groups in total. The van der Waals surface area contributed by atoms with Gasteiger partial charge in [-0.25, -0.2) is 0 Å². The van der Waals surface area contributed by atoms with E-state index in [1.54, 1.807) is 5.57 Å². The number of hydrogen-bond donors (Lipinski definition) is 1. The van der Waals surface area contributed by atoms with Crippen molar-refractivity contribution in [1.29, 1.82) is 0 Å². The summed E-state index contributed by atoms with van der Waals surface area (Å²) in [7, 11) is 0. The predicted octanol–water partition coefficient (Wildman–Crippen LogP) is 8.02. The van der Waals surface area contributed by atoms with Gasteiger partial charge in [-0.2, -0.15) is 0 Å². The quantitative estimate of drug-likeness (QED) is 0.436. The summed E-state index contributed by atoms with van der Waals surface area (Å²) in [4.78, 5) is 0. The van der Waals surface area contributed by atoms with Gasteiger partial charge in [0.25, 0.3) is 0 Å². The van der Waals surface area contributed by atoms with Crippen LogP contribution in [-0.2, 0) is 0 Å². The Morgan fingerprint density at radius 1 is 0.967 bits per heavy atom. The maximum atomic E-state index is 10.2.